The van der Waals surface area contributed by atoms with Crippen molar-refractivity contribution in [3.05, 3.63) is 173 Å². The van der Waals surface area contributed by atoms with Crippen molar-refractivity contribution in [2.45, 2.75) is 151 Å². The minimum atomic E-state index is -0.322. The zero-order valence-corrected chi connectivity index (χ0v) is 38.7. The molecule has 0 amide bonds. The predicted octanol–water partition coefficient (Wildman–Crippen LogP) is 14.7. The second-order valence-corrected chi connectivity index (χ2v) is 21.9. The Morgan fingerprint density at radius 3 is 0.984 bits per heavy atom. The maximum absolute atomic E-state index is 6.35. The van der Waals surface area contributed by atoms with Gasteiger partial charge >= 0.3 is 7.12 Å². The van der Waals surface area contributed by atoms with Crippen molar-refractivity contribution in [3.8, 4) is 33.4 Å². The Hall–Kier alpha value is -4.70. The van der Waals surface area contributed by atoms with Crippen LogP contribution in [0, 0.1) is 13.8 Å². The highest BCUT2D eigenvalue weighted by molar-refractivity contribution is 6.62. The molecule has 1 aliphatic heterocycles. The summed E-state index contributed by atoms with van der Waals surface area (Å²) < 4.78 is 12.7. The molecule has 2 nitrogen and oxygen atoms in total. The van der Waals surface area contributed by atoms with Crippen molar-refractivity contribution < 1.29 is 9.31 Å². The van der Waals surface area contributed by atoms with E-state index in [0.717, 1.165) is 5.46 Å². The summed E-state index contributed by atoms with van der Waals surface area (Å²) in [6.07, 6.45) is 15.4. The molecule has 1 saturated heterocycles. The second kappa shape index (κ2) is 14.9. The average molecular weight is 829 g/mol. The van der Waals surface area contributed by atoms with E-state index in [9.17, 15) is 0 Å². The van der Waals surface area contributed by atoms with Gasteiger partial charge in [0.25, 0.3) is 0 Å². The van der Waals surface area contributed by atoms with Gasteiger partial charge in [-0.2, -0.15) is 0 Å². The van der Waals surface area contributed by atoms with Crippen molar-refractivity contribution in [2.24, 2.45) is 0 Å². The quantitative estimate of drug-likeness (QED) is 0.142. The highest BCUT2D eigenvalue weighted by Gasteiger charge is 2.53. The summed E-state index contributed by atoms with van der Waals surface area (Å²) in [4.78, 5) is 0. The van der Waals surface area contributed by atoms with Crippen molar-refractivity contribution in [3.63, 3.8) is 0 Å². The highest BCUT2D eigenvalue weighted by atomic mass is 16.7. The molecule has 0 atom stereocenters. The third-order valence-electron chi connectivity index (χ3n) is 18.3. The number of benzene rings is 6. The summed E-state index contributed by atoms with van der Waals surface area (Å²) in [6.45, 7) is 13.1. The Balaban J connectivity index is 0.735. The van der Waals surface area contributed by atoms with Gasteiger partial charge in [0.05, 0.1) is 11.2 Å². The molecule has 0 aromatic heterocycles. The first-order valence-electron chi connectivity index (χ1n) is 24.3. The van der Waals surface area contributed by atoms with Gasteiger partial charge in [0.2, 0.25) is 0 Å². The fourth-order valence-electron chi connectivity index (χ4n) is 13.2. The van der Waals surface area contributed by atoms with Gasteiger partial charge in [-0.25, -0.2) is 0 Å². The highest BCUT2D eigenvalue weighted by Crippen LogP contribution is 2.60. The summed E-state index contributed by atoms with van der Waals surface area (Å²) in [5.41, 5.74) is 18.5. The Morgan fingerprint density at radius 2 is 0.651 bits per heavy atom. The first-order valence-corrected chi connectivity index (χ1v) is 24.3. The molecule has 320 valence electrons. The maximum atomic E-state index is 6.35. The van der Waals surface area contributed by atoms with Crippen LogP contribution in [0.1, 0.15) is 138 Å². The van der Waals surface area contributed by atoms with E-state index < -0.39 is 0 Å². The molecule has 0 N–H and O–H groups in total. The summed E-state index contributed by atoms with van der Waals surface area (Å²) in [5, 5.41) is 0. The van der Waals surface area contributed by atoms with Crippen LogP contribution in [0.3, 0.4) is 0 Å². The van der Waals surface area contributed by atoms with Crippen LogP contribution < -0.4 is 5.46 Å². The van der Waals surface area contributed by atoms with Crippen molar-refractivity contribution in [1.82, 2.24) is 0 Å². The topological polar surface area (TPSA) is 18.5 Å². The first kappa shape index (κ1) is 41.0. The maximum Gasteiger partial charge on any atom is 0.494 e. The van der Waals surface area contributed by atoms with Crippen molar-refractivity contribution in [1.29, 1.82) is 0 Å². The molecule has 13 rings (SSSR count). The molecule has 1 heterocycles. The van der Waals surface area contributed by atoms with Gasteiger partial charge in [0.15, 0.2) is 0 Å². The van der Waals surface area contributed by atoms with Gasteiger partial charge in [-0.05, 0) is 212 Å². The molecule has 6 aliphatic carbocycles. The van der Waals surface area contributed by atoms with Crippen LogP contribution in [0.2, 0.25) is 0 Å². The zero-order chi connectivity index (χ0) is 43.2. The molecule has 6 aromatic rings. The Kier molecular flexibility index (Phi) is 9.73. The normalized spacial score (nSPS) is 28.1. The van der Waals surface area contributed by atoms with E-state index in [1.807, 2.05) is 0 Å². The first-order chi connectivity index (χ1) is 30.3. The van der Waals surface area contributed by atoms with Gasteiger partial charge in [-0.15, -0.1) is 0 Å². The van der Waals surface area contributed by atoms with Crippen molar-refractivity contribution >= 4 is 12.6 Å². The van der Waals surface area contributed by atoms with Crippen LogP contribution in [0.5, 0.6) is 0 Å². The van der Waals surface area contributed by atoms with E-state index in [4.69, 9.17) is 9.31 Å². The van der Waals surface area contributed by atoms with E-state index >= 15 is 0 Å². The smallest absolute Gasteiger partial charge is 0.399 e. The summed E-state index contributed by atoms with van der Waals surface area (Å²) in [7, 11) is -0.302. The van der Waals surface area contributed by atoms with Crippen LogP contribution in [-0.4, -0.2) is 18.3 Å². The lowest BCUT2D eigenvalue weighted by Crippen LogP contribution is -2.46. The standard InChI is InChI=1S/C60H65BO2/c1-42-40-46(16-26-53(42)44-12-18-49(19-13-44)58-31-28-57(29-32-58,30-33-58)48-10-8-7-9-11-48)47-17-27-54(43(2)41-47)45-14-20-50(21-15-45)59-34-37-60(38-35-59,39-36-59)51-22-24-52(25-23-51)61-62-55(3,4)56(5,6)63-61/h7-27,40-41H,28-39H2,1-6H3. The average Bonchev–Trinajstić information content (AvgIpc) is 3.56. The largest absolute Gasteiger partial charge is 0.494 e. The molecule has 7 aliphatic rings. The minimum absolute atomic E-state index is 0.293. The monoisotopic (exact) mass is 829 g/mol. The number of fused-ring (bicyclic) bond motifs is 6. The predicted molar refractivity (Wildman–Crippen MR) is 263 cm³/mol. The number of hydrogen-bond donors (Lipinski definition) is 0. The van der Waals surface area contributed by atoms with Gasteiger partial charge in [-0.1, -0.05) is 140 Å². The summed E-state index contributed by atoms with van der Waals surface area (Å²) in [5.74, 6) is 0. The van der Waals surface area contributed by atoms with Crippen LogP contribution in [0.4, 0.5) is 0 Å². The van der Waals surface area contributed by atoms with E-state index in [0.29, 0.717) is 21.7 Å². The minimum Gasteiger partial charge on any atom is -0.399 e. The number of aryl methyl sites for hydroxylation is 2. The third-order valence-corrected chi connectivity index (χ3v) is 18.3. The fraction of sp³-hybridized carbons (Fsp3) is 0.400. The fourth-order valence-corrected chi connectivity index (χ4v) is 13.2. The van der Waals surface area contributed by atoms with E-state index in [1.165, 1.54) is 133 Å². The van der Waals surface area contributed by atoms with Crippen LogP contribution in [0.15, 0.2) is 140 Å². The molecular weight excluding hydrogens is 763 g/mol. The lowest BCUT2D eigenvalue weighted by molar-refractivity contribution is 0.00578. The Morgan fingerprint density at radius 1 is 0.349 bits per heavy atom. The van der Waals surface area contributed by atoms with Crippen LogP contribution in [0.25, 0.3) is 33.4 Å². The van der Waals surface area contributed by atoms with Gasteiger partial charge < -0.3 is 9.31 Å². The van der Waals surface area contributed by atoms with Crippen molar-refractivity contribution in [2.75, 3.05) is 0 Å². The van der Waals surface area contributed by atoms with Crippen LogP contribution in [-0.2, 0) is 31.0 Å². The number of hydrogen-bond acceptors (Lipinski definition) is 2. The van der Waals surface area contributed by atoms with Gasteiger partial charge in [0.1, 0.15) is 0 Å². The second-order valence-electron chi connectivity index (χ2n) is 21.9. The SMILES string of the molecule is Cc1cc(-c2ccc(-c3ccc(C45CCC(c6ccc(B7OC(C)(C)C(C)(C)O7)cc6)(CC4)CC5)cc3)c(C)c2)ccc1-c1ccc(C23CCC(c4ccccc4)(CC2)CC3)cc1. The summed E-state index contributed by atoms with van der Waals surface area (Å²) in [6, 6.07) is 54.1. The van der Waals surface area contributed by atoms with Gasteiger partial charge in [0, 0.05) is 0 Å². The molecule has 4 bridgehead atoms. The number of rotatable bonds is 8. The molecule has 6 saturated carbocycles. The van der Waals surface area contributed by atoms with E-state index in [1.54, 1.807) is 11.1 Å². The third kappa shape index (κ3) is 6.82. The summed E-state index contributed by atoms with van der Waals surface area (Å²) >= 11 is 0. The van der Waals surface area contributed by atoms with Crippen LogP contribution >= 0.6 is 0 Å². The zero-order valence-electron chi connectivity index (χ0n) is 38.7. The van der Waals surface area contributed by atoms with E-state index in [2.05, 4.69) is 181 Å². The molecule has 3 heteroatoms. The molecule has 63 heavy (non-hydrogen) atoms. The molecular formula is C60H65BO2. The van der Waals surface area contributed by atoms with Gasteiger partial charge in [-0.3, -0.25) is 0 Å². The molecule has 0 radical (unpaired) electrons. The van der Waals surface area contributed by atoms with E-state index in [-0.39, 0.29) is 18.3 Å². The Labute approximate surface area is 378 Å². The molecule has 6 aromatic carbocycles. The molecule has 0 spiro atoms. The lowest BCUT2D eigenvalue weighted by Gasteiger charge is -2.54. The Bertz CT molecular complexity index is 2590. The molecule has 7 fully saturated rings. The molecule has 0 unspecified atom stereocenters. The lowest BCUT2D eigenvalue weighted by atomic mass is 9.50.